The molecule has 0 bridgehead atoms. The van der Waals surface area contributed by atoms with E-state index >= 15 is 0 Å². The van der Waals surface area contributed by atoms with E-state index in [0.29, 0.717) is 6.61 Å². The highest BCUT2D eigenvalue weighted by Crippen LogP contribution is 2.33. The van der Waals surface area contributed by atoms with Crippen molar-refractivity contribution in [2.45, 2.75) is 18.4 Å². The fourth-order valence-electron chi connectivity index (χ4n) is 2.03. The standard InChI is InChI=1S/C13H15BrO/c1-11-7-13(10-14,15-9-11)8-12-5-3-2-4-6-12/h2-6H,1,7-10H2. The molecule has 1 heterocycles. The molecule has 0 amide bonds. The van der Waals surface area contributed by atoms with E-state index in [1.165, 1.54) is 11.1 Å². The lowest BCUT2D eigenvalue weighted by Gasteiger charge is -2.25. The molecule has 2 rings (SSSR count). The van der Waals surface area contributed by atoms with E-state index < -0.39 is 0 Å². The van der Waals surface area contributed by atoms with Gasteiger partial charge in [0.2, 0.25) is 0 Å². The lowest BCUT2D eigenvalue weighted by molar-refractivity contribution is 0.0269. The molecular formula is C13H15BrO. The fraction of sp³-hybridized carbons (Fsp3) is 0.385. The van der Waals surface area contributed by atoms with Crippen LogP contribution in [0.4, 0.5) is 0 Å². The normalized spacial score (nSPS) is 25.8. The summed E-state index contributed by atoms with van der Waals surface area (Å²) in [7, 11) is 0. The van der Waals surface area contributed by atoms with Crippen LogP contribution in [-0.2, 0) is 11.2 Å². The zero-order valence-corrected chi connectivity index (χ0v) is 10.3. The molecule has 1 aliphatic rings. The number of hydrogen-bond donors (Lipinski definition) is 0. The van der Waals surface area contributed by atoms with Crippen molar-refractivity contribution in [3.05, 3.63) is 48.0 Å². The molecule has 2 heteroatoms. The molecule has 1 nitrogen and oxygen atoms in total. The second-order valence-corrected chi connectivity index (χ2v) is 4.76. The molecule has 0 spiro atoms. The molecule has 0 radical (unpaired) electrons. The van der Waals surface area contributed by atoms with Gasteiger partial charge in [0.05, 0.1) is 12.2 Å². The lowest BCUT2D eigenvalue weighted by atomic mass is 9.92. The monoisotopic (exact) mass is 266 g/mol. The summed E-state index contributed by atoms with van der Waals surface area (Å²) in [6, 6.07) is 10.5. The topological polar surface area (TPSA) is 9.23 Å². The van der Waals surface area contributed by atoms with Gasteiger partial charge < -0.3 is 4.74 Å². The summed E-state index contributed by atoms with van der Waals surface area (Å²) in [5, 5.41) is 0.869. The molecule has 0 saturated carbocycles. The van der Waals surface area contributed by atoms with Gasteiger partial charge in [-0.15, -0.1) is 0 Å². The first-order valence-electron chi connectivity index (χ1n) is 5.15. The number of halogens is 1. The molecular weight excluding hydrogens is 252 g/mol. The minimum Gasteiger partial charge on any atom is -0.369 e. The summed E-state index contributed by atoms with van der Waals surface area (Å²) in [5.74, 6) is 0. The van der Waals surface area contributed by atoms with Crippen LogP contribution in [0.15, 0.2) is 42.5 Å². The minimum absolute atomic E-state index is 0.0710. The Labute approximate surface area is 99.3 Å². The van der Waals surface area contributed by atoms with Gasteiger partial charge in [-0.1, -0.05) is 52.8 Å². The maximum Gasteiger partial charge on any atom is 0.0860 e. The quantitative estimate of drug-likeness (QED) is 0.603. The van der Waals surface area contributed by atoms with Crippen molar-refractivity contribution in [3.63, 3.8) is 0 Å². The van der Waals surface area contributed by atoms with Crippen molar-refractivity contribution in [2.75, 3.05) is 11.9 Å². The number of alkyl halides is 1. The molecule has 0 aromatic heterocycles. The maximum atomic E-state index is 5.86. The Bertz CT molecular complexity index is 347. The summed E-state index contributed by atoms with van der Waals surface area (Å²) in [6.07, 6.45) is 1.92. The average molecular weight is 267 g/mol. The smallest absolute Gasteiger partial charge is 0.0860 e. The summed E-state index contributed by atoms with van der Waals surface area (Å²) in [4.78, 5) is 0. The van der Waals surface area contributed by atoms with E-state index in [4.69, 9.17) is 4.74 Å². The highest BCUT2D eigenvalue weighted by molar-refractivity contribution is 9.09. The summed E-state index contributed by atoms with van der Waals surface area (Å²) in [5.41, 5.74) is 2.45. The van der Waals surface area contributed by atoms with Crippen LogP contribution < -0.4 is 0 Å². The first-order chi connectivity index (χ1) is 7.24. The predicted molar refractivity (Wildman–Crippen MR) is 66.4 cm³/mol. The molecule has 1 aromatic carbocycles. The van der Waals surface area contributed by atoms with Crippen molar-refractivity contribution in [1.82, 2.24) is 0 Å². The van der Waals surface area contributed by atoms with Gasteiger partial charge in [-0.25, -0.2) is 0 Å². The third-order valence-electron chi connectivity index (χ3n) is 2.77. The Morgan fingerprint density at radius 1 is 1.33 bits per heavy atom. The number of benzene rings is 1. The zero-order valence-electron chi connectivity index (χ0n) is 8.71. The van der Waals surface area contributed by atoms with Crippen LogP contribution in [-0.4, -0.2) is 17.5 Å². The van der Waals surface area contributed by atoms with E-state index in [1.54, 1.807) is 0 Å². The number of ether oxygens (including phenoxy) is 1. The first-order valence-corrected chi connectivity index (χ1v) is 6.27. The molecule has 1 aromatic rings. The van der Waals surface area contributed by atoms with E-state index in [1.807, 2.05) is 6.07 Å². The van der Waals surface area contributed by atoms with Crippen LogP contribution in [0.25, 0.3) is 0 Å². The number of hydrogen-bond acceptors (Lipinski definition) is 1. The van der Waals surface area contributed by atoms with Crippen LogP contribution >= 0.6 is 15.9 Å². The molecule has 15 heavy (non-hydrogen) atoms. The van der Waals surface area contributed by atoms with E-state index in [-0.39, 0.29) is 5.60 Å². The SMILES string of the molecule is C=C1COC(CBr)(Cc2ccccc2)C1. The molecule has 0 N–H and O–H groups in total. The molecule has 0 aliphatic carbocycles. The van der Waals surface area contributed by atoms with Crippen LogP contribution in [0.3, 0.4) is 0 Å². The van der Waals surface area contributed by atoms with E-state index in [0.717, 1.165) is 18.2 Å². The van der Waals surface area contributed by atoms with Crippen LogP contribution in [0.1, 0.15) is 12.0 Å². The largest absolute Gasteiger partial charge is 0.369 e. The minimum atomic E-state index is -0.0710. The third kappa shape index (κ3) is 2.50. The van der Waals surface area contributed by atoms with Crippen LogP contribution in [0.2, 0.25) is 0 Å². The Balaban J connectivity index is 2.12. The Morgan fingerprint density at radius 3 is 2.60 bits per heavy atom. The Morgan fingerprint density at radius 2 is 2.07 bits per heavy atom. The lowest BCUT2D eigenvalue weighted by Crippen LogP contribution is -2.32. The second-order valence-electron chi connectivity index (χ2n) is 4.19. The van der Waals surface area contributed by atoms with Gasteiger partial charge in [0, 0.05) is 18.2 Å². The molecule has 1 unspecified atom stereocenters. The molecule has 1 fully saturated rings. The van der Waals surface area contributed by atoms with Crippen molar-refractivity contribution in [2.24, 2.45) is 0 Å². The van der Waals surface area contributed by atoms with Gasteiger partial charge >= 0.3 is 0 Å². The highest BCUT2D eigenvalue weighted by Gasteiger charge is 2.35. The molecule has 1 atom stereocenters. The van der Waals surface area contributed by atoms with E-state index in [9.17, 15) is 0 Å². The Hall–Kier alpha value is -0.600. The summed E-state index contributed by atoms with van der Waals surface area (Å²) < 4.78 is 5.86. The summed E-state index contributed by atoms with van der Waals surface area (Å²) >= 11 is 3.55. The first kappa shape index (κ1) is 10.9. The highest BCUT2D eigenvalue weighted by atomic mass is 79.9. The predicted octanol–water partition coefficient (Wildman–Crippen LogP) is 3.34. The second kappa shape index (κ2) is 4.50. The molecule has 80 valence electrons. The van der Waals surface area contributed by atoms with Gasteiger partial charge in [-0.3, -0.25) is 0 Å². The zero-order chi connectivity index (χ0) is 10.7. The average Bonchev–Trinajstić information content (AvgIpc) is 2.62. The van der Waals surface area contributed by atoms with Gasteiger partial charge in [-0.2, -0.15) is 0 Å². The summed E-state index contributed by atoms with van der Waals surface area (Å²) in [6.45, 7) is 4.70. The Kier molecular flexibility index (Phi) is 3.27. The third-order valence-corrected chi connectivity index (χ3v) is 3.79. The van der Waals surface area contributed by atoms with Gasteiger partial charge in [0.1, 0.15) is 0 Å². The van der Waals surface area contributed by atoms with Crippen molar-refractivity contribution in [1.29, 1.82) is 0 Å². The van der Waals surface area contributed by atoms with Gasteiger partial charge in [-0.05, 0) is 11.1 Å². The van der Waals surface area contributed by atoms with Crippen molar-refractivity contribution < 1.29 is 4.74 Å². The van der Waals surface area contributed by atoms with Crippen molar-refractivity contribution in [3.8, 4) is 0 Å². The van der Waals surface area contributed by atoms with Crippen LogP contribution in [0.5, 0.6) is 0 Å². The van der Waals surface area contributed by atoms with Gasteiger partial charge in [0.15, 0.2) is 0 Å². The maximum absolute atomic E-state index is 5.86. The molecule has 1 aliphatic heterocycles. The number of rotatable bonds is 3. The molecule has 1 saturated heterocycles. The van der Waals surface area contributed by atoms with Crippen molar-refractivity contribution >= 4 is 15.9 Å². The fourth-order valence-corrected chi connectivity index (χ4v) is 2.59. The van der Waals surface area contributed by atoms with Crippen LogP contribution in [0, 0.1) is 0 Å². The van der Waals surface area contributed by atoms with Gasteiger partial charge in [0.25, 0.3) is 0 Å². The van der Waals surface area contributed by atoms with E-state index in [2.05, 4.69) is 46.8 Å².